The zero-order valence-electron chi connectivity index (χ0n) is 15.2. The number of aliphatic hydroxyl groups excluding tert-OH is 1. The Morgan fingerprint density at radius 3 is 2.88 bits per heavy atom. The number of benzene rings is 1. The highest BCUT2D eigenvalue weighted by molar-refractivity contribution is 6.30. The van der Waals surface area contributed by atoms with Crippen LogP contribution >= 0.6 is 11.6 Å². The number of aromatic nitrogens is 2. The summed E-state index contributed by atoms with van der Waals surface area (Å²) in [6.45, 7) is 5.48. The summed E-state index contributed by atoms with van der Waals surface area (Å²) in [4.78, 5) is 0. The second-order valence-electron chi connectivity index (χ2n) is 6.54. The number of rotatable bonds is 8. The molecule has 142 valence electrons. The maximum absolute atomic E-state index is 10.1. The Balaban J connectivity index is 1.47. The first-order valence-electron chi connectivity index (χ1n) is 8.58. The van der Waals surface area contributed by atoms with E-state index in [0.717, 1.165) is 11.3 Å². The van der Waals surface area contributed by atoms with Crippen LogP contribution in [0.1, 0.15) is 31.0 Å². The van der Waals surface area contributed by atoms with Crippen LogP contribution in [0.2, 0.25) is 5.15 Å². The van der Waals surface area contributed by atoms with Crippen molar-refractivity contribution in [2.24, 2.45) is 7.05 Å². The lowest BCUT2D eigenvalue weighted by Crippen LogP contribution is -2.31. The lowest BCUT2D eigenvalue weighted by molar-refractivity contribution is 0.106. The van der Waals surface area contributed by atoms with Gasteiger partial charge in [-0.2, -0.15) is 5.10 Å². The molecule has 0 radical (unpaired) electrons. The van der Waals surface area contributed by atoms with Crippen LogP contribution in [-0.4, -0.2) is 40.9 Å². The molecule has 1 unspecified atom stereocenters. The molecule has 2 heterocycles. The van der Waals surface area contributed by atoms with Gasteiger partial charge in [0.2, 0.25) is 6.79 Å². The average molecular weight is 382 g/mol. The van der Waals surface area contributed by atoms with E-state index in [-0.39, 0.29) is 19.3 Å². The molecular weight excluding hydrogens is 358 g/mol. The molecule has 7 nitrogen and oxygen atoms in total. The SMILES string of the molecule is CC(C)c1nn(C)c(Cl)c1CNCC(O)COc1ccc2c(c1)OCO2. The highest BCUT2D eigenvalue weighted by Gasteiger charge is 2.18. The first-order valence-corrected chi connectivity index (χ1v) is 8.96. The summed E-state index contributed by atoms with van der Waals surface area (Å²) in [5, 5.41) is 18.4. The van der Waals surface area contributed by atoms with Crippen molar-refractivity contribution >= 4 is 11.6 Å². The summed E-state index contributed by atoms with van der Waals surface area (Å²) in [5.41, 5.74) is 1.93. The number of fused-ring (bicyclic) bond motifs is 1. The fourth-order valence-corrected chi connectivity index (χ4v) is 2.98. The Bertz CT molecular complexity index is 763. The normalized spacial score (nSPS) is 14.1. The third kappa shape index (κ3) is 4.23. The fourth-order valence-electron chi connectivity index (χ4n) is 2.78. The first kappa shape index (κ1) is 18.8. The van der Waals surface area contributed by atoms with Crippen molar-refractivity contribution in [1.29, 1.82) is 0 Å². The quantitative estimate of drug-likeness (QED) is 0.731. The molecule has 1 aliphatic heterocycles. The molecule has 1 aromatic carbocycles. The Kier molecular flexibility index (Phi) is 5.90. The van der Waals surface area contributed by atoms with Gasteiger partial charge in [0, 0.05) is 31.8 Å². The third-order valence-corrected chi connectivity index (χ3v) is 4.59. The molecule has 26 heavy (non-hydrogen) atoms. The van der Waals surface area contributed by atoms with Gasteiger partial charge in [0.05, 0.1) is 5.69 Å². The molecule has 0 aliphatic carbocycles. The predicted octanol–water partition coefficient (Wildman–Crippen LogP) is 2.46. The largest absolute Gasteiger partial charge is 0.491 e. The van der Waals surface area contributed by atoms with Gasteiger partial charge in [-0.15, -0.1) is 0 Å². The molecule has 0 amide bonds. The van der Waals surface area contributed by atoms with Gasteiger partial charge < -0.3 is 24.6 Å². The van der Waals surface area contributed by atoms with Gasteiger partial charge in [-0.05, 0) is 18.1 Å². The van der Waals surface area contributed by atoms with Crippen molar-refractivity contribution in [3.63, 3.8) is 0 Å². The van der Waals surface area contributed by atoms with Gasteiger partial charge in [-0.25, -0.2) is 0 Å². The zero-order chi connectivity index (χ0) is 18.7. The molecule has 2 aromatic rings. The van der Waals surface area contributed by atoms with Crippen molar-refractivity contribution < 1.29 is 19.3 Å². The van der Waals surface area contributed by atoms with E-state index in [2.05, 4.69) is 24.3 Å². The van der Waals surface area contributed by atoms with E-state index in [1.165, 1.54) is 0 Å². The molecule has 0 spiro atoms. The van der Waals surface area contributed by atoms with E-state index in [0.29, 0.717) is 35.5 Å². The van der Waals surface area contributed by atoms with Crippen molar-refractivity contribution in [1.82, 2.24) is 15.1 Å². The molecule has 0 bridgehead atoms. The monoisotopic (exact) mass is 381 g/mol. The molecule has 8 heteroatoms. The van der Waals surface area contributed by atoms with Crippen LogP contribution in [0.4, 0.5) is 0 Å². The number of hydrogen-bond donors (Lipinski definition) is 2. The molecule has 1 aromatic heterocycles. The van der Waals surface area contributed by atoms with Gasteiger partial charge >= 0.3 is 0 Å². The number of nitrogens with zero attached hydrogens (tertiary/aromatic N) is 2. The van der Waals surface area contributed by atoms with Crippen molar-refractivity contribution in [3.05, 3.63) is 34.6 Å². The number of hydrogen-bond acceptors (Lipinski definition) is 6. The van der Waals surface area contributed by atoms with Gasteiger partial charge in [0.25, 0.3) is 0 Å². The van der Waals surface area contributed by atoms with E-state index in [9.17, 15) is 5.11 Å². The summed E-state index contributed by atoms with van der Waals surface area (Å²) < 4.78 is 17.9. The lowest BCUT2D eigenvalue weighted by Gasteiger charge is -2.14. The Morgan fingerprint density at radius 2 is 2.12 bits per heavy atom. The molecule has 2 N–H and O–H groups in total. The van der Waals surface area contributed by atoms with Gasteiger partial charge in [-0.1, -0.05) is 25.4 Å². The van der Waals surface area contributed by atoms with Crippen LogP contribution in [0.25, 0.3) is 0 Å². The van der Waals surface area contributed by atoms with E-state index in [1.54, 1.807) is 22.9 Å². The van der Waals surface area contributed by atoms with Crippen LogP contribution in [-0.2, 0) is 13.6 Å². The zero-order valence-corrected chi connectivity index (χ0v) is 15.9. The number of aryl methyl sites for hydroxylation is 1. The predicted molar refractivity (Wildman–Crippen MR) is 98.1 cm³/mol. The minimum Gasteiger partial charge on any atom is -0.491 e. The van der Waals surface area contributed by atoms with Crippen LogP contribution in [0.3, 0.4) is 0 Å². The number of aliphatic hydroxyl groups is 1. The van der Waals surface area contributed by atoms with Crippen LogP contribution in [0.5, 0.6) is 17.2 Å². The van der Waals surface area contributed by atoms with Crippen molar-refractivity contribution in [3.8, 4) is 17.2 Å². The summed E-state index contributed by atoms with van der Waals surface area (Å²) in [5.74, 6) is 2.27. The standard InChI is InChI=1S/C18H24ClN3O4/c1-11(2)17-14(18(19)22(3)21-17)8-20-7-12(23)9-24-13-4-5-15-16(6-13)26-10-25-15/h4-6,11-12,20,23H,7-10H2,1-3H3. The third-order valence-electron chi connectivity index (χ3n) is 4.12. The van der Waals surface area contributed by atoms with Crippen molar-refractivity contribution in [2.45, 2.75) is 32.4 Å². The van der Waals surface area contributed by atoms with Gasteiger partial charge in [0.15, 0.2) is 11.5 Å². The lowest BCUT2D eigenvalue weighted by atomic mass is 10.1. The van der Waals surface area contributed by atoms with Crippen LogP contribution < -0.4 is 19.5 Å². The smallest absolute Gasteiger partial charge is 0.231 e. The Hall–Kier alpha value is -1.96. The van der Waals surface area contributed by atoms with Crippen LogP contribution in [0, 0.1) is 0 Å². The molecule has 1 atom stereocenters. The Labute approximate surface area is 157 Å². The summed E-state index contributed by atoms with van der Waals surface area (Å²) in [7, 11) is 1.83. The maximum atomic E-state index is 10.1. The summed E-state index contributed by atoms with van der Waals surface area (Å²) in [6, 6.07) is 5.34. The number of halogens is 1. The number of ether oxygens (including phenoxy) is 3. The van der Waals surface area contributed by atoms with Gasteiger partial charge in [0.1, 0.15) is 23.6 Å². The molecule has 0 saturated carbocycles. The van der Waals surface area contributed by atoms with Crippen molar-refractivity contribution in [2.75, 3.05) is 19.9 Å². The van der Waals surface area contributed by atoms with Crippen LogP contribution in [0.15, 0.2) is 18.2 Å². The Morgan fingerprint density at radius 1 is 1.35 bits per heavy atom. The van der Waals surface area contributed by atoms with E-state index in [1.807, 2.05) is 7.05 Å². The van der Waals surface area contributed by atoms with Gasteiger partial charge in [-0.3, -0.25) is 4.68 Å². The number of nitrogens with one attached hydrogen (secondary N) is 1. The summed E-state index contributed by atoms with van der Waals surface area (Å²) >= 11 is 6.31. The van der Waals surface area contributed by atoms with E-state index < -0.39 is 6.10 Å². The molecular formula is C18H24ClN3O4. The minimum atomic E-state index is -0.654. The summed E-state index contributed by atoms with van der Waals surface area (Å²) in [6.07, 6.45) is -0.654. The highest BCUT2D eigenvalue weighted by atomic mass is 35.5. The van der Waals surface area contributed by atoms with E-state index >= 15 is 0 Å². The second-order valence-corrected chi connectivity index (χ2v) is 6.90. The molecule has 1 aliphatic rings. The average Bonchev–Trinajstić information content (AvgIpc) is 3.19. The second kappa shape index (κ2) is 8.16. The minimum absolute atomic E-state index is 0.171. The first-order chi connectivity index (χ1) is 12.5. The molecule has 0 saturated heterocycles. The maximum Gasteiger partial charge on any atom is 0.231 e. The van der Waals surface area contributed by atoms with E-state index in [4.69, 9.17) is 25.8 Å². The molecule has 0 fully saturated rings. The topological polar surface area (TPSA) is 77.8 Å². The fraction of sp³-hybridized carbons (Fsp3) is 0.500. The highest BCUT2D eigenvalue weighted by Crippen LogP contribution is 2.35. The molecule has 3 rings (SSSR count).